The number of rotatable bonds is 5. The topological polar surface area (TPSA) is 66.5 Å². The zero-order valence-corrected chi connectivity index (χ0v) is 11.3. The standard InChI is InChI=1S/C13H21N2O3/c1-5-13(8-7-9(3)4)10(16)14-12(18)15(6-2)11(13)17/h9H,2,5-8H2,1,3-4H3,(H,14,16,18)/t13-/m1/s1. The molecule has 0 saturated carbocycles. The Morgan fingerprint density at radius 1 is 1.33 bits per heavy atom. The summed E-state index contributed by atoms with van der Waals surface area (Å²) in [6, 6.07) is -0.659. The third-order valence-corrected chi connectivity index (χ3v) is 3.53. The molecule has 1 saturated heterocycles. The molecule has 5 nitrogen and oxygen atoms in total. The van der Waals surface area contributed by atoms with E-state index in [1.807, 2.05) is 13.8 Å². The van der Waals surface area contributed by atoms with Crippen LogP contribution in [0.1, 0.15) is 40.0 Å². The molecule has 0 aromatic heterocycles. The lowest BCUT2D eigenvalue weighted by Crippen LogP contribution is -2.63. The van der Waals surface area contributed by atoms with Crippen molar-refractivity contribution in [1.29, 1.82) is 0 Å². The second-order valence-electron chi connectivity index (χ2n) is 5.08. The Morgan fingerprint density at radius 3 is 2.39 bits per heavy atom. The molecule has 0 bridgehead atoms. The lowest BCUT2D eigenvalue weighted by Gasteiger charge is -2.38. The summed E-state index contributed by atoms with van der Waals surface area (Å²) in [5.74, 6) is -0.473. The molecular weight excluding hydrogens is 232 g/mol. The monoisotopic (exact) mass is 253 g/mol. The van der Waals surface area contributed by atoms with Crippen molar-refractivity contribution in [3.05, 3.63) is 6.92 Å². The Labute approximate surface area is 108 Å². The van der Waals surface area contributed by atoms with Crippen LogP contribution in [0.2, 0.25) is 0 Å². The Kier molecular flexibility index (Phi) is 4.48. The summed E-state index contributed by atoms with van der Waals surface area (Å²) in [4.78, 5) is 36.9. The molecule has 0 unspecified atom stereocenters. The summed E-state index contributed by atoms with van der Waals surface area (Å²) in [7, 11) is 0. The predicted molar refractivity (Wildman–Crippen MR) is 67.4 cm³/mol. The minimum Gasteiger partial charge on any atom is -0.277 e. The smallest absolute Gasteiger partial charge is 0.277 e. The summed E-state index contributed by atoms with van der Waals surface area (Å²) in [6.07, 6.45) is 1.63. The molecule has 1 rings (SSSR count). The van der Waals surface area contributed by atoms with E-state index in [1.54, 1.807) is 6.92 Å². The average molecular weight is 253 g/mol. The number of carbonyl (C=O) groups is 3. The number of amides is 4. The van der Waals surface area contributed by atoms with Gasteiger partial charge in [-0.25, -0.2) is 4.79 Å². The predicted octanol–water partition coefficient (Wildman–Crippen LogP) is 1.73. The summed E-state index contributed by atoms with van der Waals surface area (Å²) in [5, 5.41) is 2.26. The van der Waals surface area contributed by atoms with Crippen LogP contribution in [0.4, 0.5) is 4.79 Å². The van der Waals surface area contributed by atoms with E-state index in [4.69, 9.17) is 0 Å². The lowest BCUT2D eigenvalue weighted by molar-refractivity contribution is -0.152. The lowest BCUT2D eigenvalue weighted by atomic mass is 9.76. The minimum absolute atomic E-state index is 0.0430. The van der Waals surface area contributed by atoms with Gasteiger partial charge in [0.05, 0.1) is 0 Å². The van der Waals surface area contributed by atoms with Crippen molar-refractivity contribution >= 4 is 17.8 Å². The van der Waals surface area contributed by atoms with Crippen molar-refractivity contribution in [3.8, 4) is 0 Å². The zero-order valence-electron chi connectivity index (χ0n) is 11.3. The molecule has 0 aromatic rings. The fourth-order valence-corrected chi connectivity index (χ4v) is 2.18. The van der Waals surface area contributed by atoms with Gasteiger partial charge in [0.1, 0.15) is 5.41 Å². The SMILES string of the molecule is [CH2]CN1C(=O)NC(=O)[C@@](CC)(CCC(C)C)C1=O. The van der Waals surface area contributed by atoms with E-state index in [-0.39, 0.29) is 6.54 Å². The zero-order chi connectivity index (χ0) is 13.9. The third-order valence-electron chi connectivity index (χ3n) is 3.53. The van der Waals surface area contributed by atoms with Crippen LogP contribution in [0.3, 0.4) is 0 Å². The van der Waals surface area contributed by atoms with Crippen molar-refractivity contribution < 1.29 is 14.4 Å². The molecule has 0 aliphatic carbocycles. The highest BCUT2D eigenvalue weighted by molar-refractivity contribution is 6.19. The van der Waals surface area contributed by atoms with Crippen LogP contribution in [0.15, 0.2) is 0 Å². The summed E-state index contributed by atoms with van der Waals surface area (Å²) in [6.45, 7) is 9.49. The molecule has 1 radical (unpaired) electrons. The number of urea groups is 1. The van der Waals surface area contributed by atoms with Crippen LogP contribution < -0.4 is 5.32 Å². The molecule has 1 fully saturated rings. The van der Waals surface area contributed by atoms with Crippen molar-refractivity contribution in [3.63, 3.8) is 0 Å². The molecule has 1 aliphatic heterocycles. The number of nitrogens with zero attached hydrogens (tertiary/aromatic N) is 1. The summed E-state index contributed by atoms with van der Waals surface area (Å²) < 4.78 is 0. The maximum Gasteiger partial charge on any atom is 0.330 e. The second-order valence-corrected chi connectivity index (χ2v) is 5.08. The van der Waals surface area contributed by atoms with Crippen molar-refractivity contribution in [2.75, 3.05) is 6.54 Å². The number of carbonyl (C=O) groups excluding carboxylic acids is 3. The van der Waals surface area contributed by atoms with Crippen LogP contribution >= 0.6 is 0 Å². The minimum atomic E-state index is -1.10. The Hall–Kier alpha value is -1.39. The largest absolute Gasteiger partial charge is 0.330 e. The van der Waals surface area contributed by atoms with Crippen LogP contribution in [0.5, 0.6) is 0 Å². The van der Waals surface area contributed by atoms with E-state index < -0.39 is 23.3 Å². The van der Waals surface area contributed by atoms with Gasteiger partial charge in [-0.2, -0.15) is 0 Å². The first-order valence-corrected chi connectivity index (χ1v) is 6.35. The van der Waals surface area contributed by atoms with Crippen LogP contribution in [0.25, 0.3) is 0 Å². The number of nitrogens with one attached hydrogen (secondary N) is 1. The number of hydrogen-bond acceptors (Lipinski definition) is 3. The Morgan fingerprint density at radius 2 is 1.94 bits per heavy atom. The van der Waals surface area contributed by atoms with Crippen molar-refractivity contribution in [1.82, 2.24) is 10.2 Å². The van der Waals surface area contributed by atoms with Gasteiger partial charge in [0, 0.05) is 6.54 Å². The average Bonchev–Trinajstić information content (AvgIpc) is 2.29. The van der Waals surface area contributed by atoms with Gasteiger partial charge in [-0.1, -0.05) is 20.8 Å². The molecule has 5 heteroatoms. The molecule has 0 aromatic carbocycles. The van der Waals surface area contributed by atoms with Gasteiger partial charge in [-0.15, -0.1) is 0 Å². The van der Waals surface area contributed by atoms with E-state index in [2.05, 4.69) is 12.2 Å². The second kappa shape index (κ2) is 5.50. The molecule has 4 amide bonds. The van der Waals surface area contributed by atoms with Crippen LogP contribution in [-0.2, 0) is 9.59 Å². The van der Waals surface area contributed by atoms with E-state index in [1.165, 1.54) is 0 Å². The van der Waals surface area contributed by atoms with Gasteiger partial charge in [0.2, 0.25) is 11.8 Å². The summed E-state index contributed by atoms with van der Waals surface area (Å²) >= 11 is 0. The van der Waals surface area contributed by atoms with E-state index in [0.717, 1.165) is 11.3 Å². The van der Waals surface area contributed by atoms with Gasteiger partial charge >= 0.3 is 6.03 Å². The molecule has 0 spiro atoms. The highest BCUT2D eigenvalue weighted by atomic mass is 16.2. The Balaban J connectivity index is 3.03. The molecular formula is C13H21N2O3. The quantitative estimate of drug-likeness (QED) is 0.759. The number of hydrogen-bond donors (Lipinski definition) is 1. The van der Waals surface area contributed by atoms with Gasteiger partial charge in [0.15, 0.2) is 0 Å². The molecule has 1 aliphatic rings. The fraction of sp³-hybridized carbons (Fsp3) is 0.692. The van der Waals surface area contributed by atoms with Crippen molar-refractivity contribution in [2.45, 2.75) is 40.0 Å². The van der Waals surface area contributed by atoms with Gasteiger partial charge in [-0.3, -0.25) is 19.8 Å². The normalized spacial score (nSPS) is 24.7. The first kappa shape index (κ1) is 14.7. The maximum absolute atomic E-state index is 12.3. The van der Waals surface area contributed by atoms with Gasteiger partial charge in [-0.05, 0) is 32.1 Å². The summed E-state index contributed by atoms with van der Waals surface area (Å²) in [5.41, 5.74) is -1.10. The molecule has 1 heterocycles. The molecule has 18 heavy (non-hydrogen) atoms. The Bertz CT molecular complexity index is 365. The number of imide groups is 2. The van der Waals surface area contributed by atoms with E-state index in [0.29, 0.717) is 18.8 Å². The first-order valence-electron chi connectivity index (χ1n) is 6.35. The highest BCUT2D eigenvalue weighted by Crippen LogP contribution is 2.34. The highest BCUT2D eigenvalue weighted by Gasteiger charge is 2.51. The maximum atomic E-state index is 12.3. The molecule has 1 atom stereocenters. The van der Waals surface area contributed by atoms with Crippen LogP contribution in [-0.4, -0.2) is 29.3 Å². The van der Waals surface area contributed by atoms with Gasteiger partial charge < -0.3 is 0 Å². The van der Waals surface area contributed by atoms with Crippen molar-refractivity contribution in [2.24, 2.45) is 11.3 Å². The van der Waals surface area contributed by atoms with Gasteiger partial charge in [0.25, 0.3) is 0 Å². The molecule has 1 N–H and O–H groups in total. The van der Waals surface area contributed by atoms with Crippen LogP contribution in [0, 0.1) is 18.3 Å². The third kappa shape index (κ3) is 2.40. The van der Waals surface area contributed by atoms with E-state index >= 15 is 0 Å². The fourth-order valence-electron chi connectivity index (χ4n) is 2.18. The number of barbiturate groups is 1. The first-order chi connectivity index (χ1) is 8.39. The van der Waals surface area contributed by atoms with E-state index in [9.17, 15) is 14.4 Å². The molecule has 101 valence electrons.